The number of aliphatic hydroxyl groups is 1. The van der Waals surface area contributed by atoms with Gasteiger partial charge in [0.1, 0.15) is 0 Å². The molecule has 0 radical (unpaired) electrons. The molecule has 0 bridgehead atoms. The summed E-state index contributed by atoms with van der Waals surface area (Å²) in [6, 6.07) is 0.241. The van der Waals surface area contributed by atoms with Crippen LogP contribution in [0, 0.1) is 5.92 Å². The van der Waals surface area contributed by atoms with Crippen molar-refractivity contribution in [3.8, 4) is 0 Å². The Labute approximate surface area is 128 Å². The van der Waals surface area contributed by atoms with Crippen molar-refractivity contribution in [1.29, 1.82) is 0 Å². The first-order valence-corrected chi connectivity index (χ1v) is 8.16. The molecule has 0 aliphatic carbocycles. The minimum Gasteiger partial charge on any atom is -0.396 e. The van der Waals surface area contributed by atoms with E-state index in [0.29, 0.717) is 6.54 Å². The fourth-order valence-electron chi connectivity index (χ4n) is 4.09. The summed E-state index contributed by atoms with van der Waals surface area (Å²) in [5.74, 6) is 0.241. The highest BCUT2D eigenvalue weighted by Gasteiger charge is 2.38. The lowest BCUT2D eigenvalue weighted by Crippen LogP contribution is -2.63. The molecule has 122 valence electrons. The van der Waals surface area contributed by atoms with Gasteiger partial charge in [0.2, 0.25) is 0 Å². The number of piperidine rings is 2. The van der Waals surface area contributed by atoms with Gasteiger partial charge in [0.25, 0.3) is 0 Å². The maximum Gasteiger partial charge on any atom is 0.317 e. The minimum atomic E-state index is 0.0339. The summed E-state index contributed by atoms with van der Waals surface area (Å²) < 4.78 is 0. The third-order valence-corrected chi connectivity index (χ3v) is 4.58. The summed E-state index contributed by atoms with van der Waals surface area (Å²) in [5, 5.41) is 16.1. The first-order chi connectivity index (χ1) is 9.71. The Hall–Kier alpha value is -0.810. The van der Waals surface area contributed by atoms with Crippen LogP contribution in [0.2, 0.25) is 0 Å². The molecule has 2 aliphatic rings. The largest absolute Gasteiger partial charge is 0.396 e. The van der Waals surface area contributed by atoms with E-state index in [-0.39, 0.29) is 35.7 Å². The molecule has 0 unspecified atom stereocenters. The number of amides is 2. The van der Waals surface area contributed by atoms with Gasteiger partial charge in [0, 0.05) is 36.8 Å². The second kappa shape index (κ2) is 6.13. The van der Waals surface area contributed by atoms with Gasteiger partial charge in [0.15, 0.2) is 0 Å². The molecule has 21 heavy (non-hydrogen) atoms. The number of hydrogen-bond acceptors (Lipinski definition) is 3. The first kappa shape index (κ1) is 16.6. The number of rotatable bonds is 2. The Kier molecular flexibility index (Phi) is 4.83. The van der Waals surface area contributed by atoms with Crippen LogP contribution >= 0.6 is 0 Å². The highest BCUT2D eigenvalue weighted by atomic mass is 16.3. The smallest absolute Gasteiger partial charge is 0.317 e. The van der Waals surface area contributed by atoms with Crippen LogP contribution in [0.4, 0.5) is 4.79 Å². The summed E-state index contributed by atoms with van der Waals surface area (Å²) in [7, 11) is 0. The average Bonchev–Trinajstić information content (AvgIpc) is 2.35. The van der Waals surface area contributed by atoms with Crippen LogP contribution in [0.25, 0.3) is 0 Å². The van der Waals surface area contributed by atoms with Crippen molar-refractivity contribution in [2.45, 2.75) is 70.5 Å². The lowest BCUT2D eigenvalue weighted by Gasteiger charge is -2.47. The van der Waals surface area contributed by atoms with Gasteiger partial charge in [-0.2, -0.15) is 0 Å². The predicted molar refractivity (Wildman–Crippen MR) is 84.2 cm³/mol. The number of carbonyl (C=O) groups is 1. The second-order valence-electron chi connectivity index (χ2n) is 8.08. The van der Waals surface area contributed by atoms with E-state index in [2.05, 4.69) is 38.3 Å². The van der Waals surface area contributed by atoms with E-state index in [4.69, 9.17) is 0 Å². The Balaban J connectivity index is 1.92. The monoisotopic (exact) mass is 297 g/mol. The molecule has 0 aromatic carbocycles. The summed E-state index contributed by atoms with van der Waals surface area (Å²) in [6.07, 6.45) is 3.90. The van der Waals surface area contributed by atoms with Gasteiger partial charge in [-0.3, -0.25) is 0 Å². The molecule has 0 saturated carbocycles. The fourth-order valence-corrected chi connectivity index (χ4v) is 4.09. The van der Waals surface area contributed by atoms with Crippen LogP contribution in [-0.4, -0.2) is 52.9 Å². The third-order valence-electron chi connectivity index (χ3n) is 4.58. The van der Waals surface area contributed by atoms with Crippen molar-refractivity contribution in [2.24, 2.45) is 5.92 Å². The Morgan fingerprint density at radius 2 is 1.90 bits per heavy atom. The van der Waals surface area contributed by atoms with Crippen molar-refractivity contribution >= 4 is 6.03 Å². The molecule has 2 fully saturated rings. The van der Waals surface area contributed by atoms with Gasteiger partial charge < -0.3 is 20.6 Å². The van der Waals surface area contributed by atoms with Crippen LogP contribution in [0.5, 0.6) is 0 Å². The number of nitrogens with zero attached hydrogens (tertiary/aromatic N) is 1. The van der Waals surface area contributed by atoms with Gasteiger partial charge in [-0.25, -0.2) is 4.79 Å². The van der Waals surface area contributed by atoms with Crippen LogP contribution in [0.1, 0.15) is 53.4 Å². The third kappa shape index (κ3) is 4.58. The molecule has 2 rings (SSSR count). The quantitative estimate of drug-likeness (QED) is 0.727. The van der Waals surface area contributed by atoms with Crippen LogP contribution in [0.3, 0.4) is 0 Å². The molecule has 2 saturated heterocycles. The highest BCUT2D eigenvalue weighted by molar-refractivity contribution is 5.74. The van der Waals surface area contributed by atoms with E-state index in [1.807, 2.05) is 4.90 Å². The molecule has 5 nitrogen and oxygen atoms in total. The summed E-state index contributed by atoms with van der Waals surface area (Å²) in [5.41, 5.74) is 0.0739. The van der Waals surface area contributed by atoms with E-state index < -0.39 is 0 Å². The standard InChI is InChI=1S/C16H31N3O2/c1-15(2)8-13(9-16(3,4)18-15)17-14(21)19-7-5-6-12(10-19)11-20/h12-13,18,20H,5-11H2,1-4H3,(H,17,21)/t12-/m0/s1. The van der Waals surface area contributed by atoms with Crippen molar-refractivity contribution < 1.29 is 9.90 Å². The van der Waals surface area contributed by atoms with E-state index in [1.165, 1.54) is 0 Å². The van der Waals surface area contributed by atoms with Crippen molar-refractivity contribution in [2.75, 3.05) is 19.7 Å². The van der Waals surface area contributed by atoms with Gasteiger partial charge in [0.05, 0.1) is 0 Å². The number of aliphatic hydroxyl groups excluding tert-OH is 1. The normalized spacial score (nSPS) is 29.2. The lowest BCUT2D eigenvalue weighted by molar-refractivity contribution is 0.115. The van der Waals surface area contributed by atoms with Gasteiger partial charge in [-0.05, 0) is 59.3 Å². The first-order valence-electron chi connectivity index (χ1n) is 8.16. The van der Waals surface area contributed by atoms with Crippen LogP contribution < -0.4 is 10.6 Å². The van der Waals surface area contributed by atoms with Gasteiger partial charge in [-0.15, -0.1) is 0 Å². The molecule has 2 heterocycles. The molecular formula is C16H31N3O2. The highest BCUT2D eigenvalue weighted by Crippen LogP contribution is 2.28. The average molecular weight is 297 g/mol. The molecule has 3 N–H and O–H groups in total. The Bertz CT molecular complexity index is 366. The summed E-state index contributed by atoms with van der Waals surface area (Å²) >= 11 is 0. The maximum atomic E-state index is 12.5. The fraction of sp³-hybridized carbons (Fsp3) is 0.938. The molecule has 0 spiro atoms. The Morgan fingerprint density at radius 1 is 1.29 bits per heavy atom. The topological polar surface area (TPSA) is 64.6 Å². The zero-order valence-corrected chi connectivity index (χ0v) is 13.9. The zero-order chi connectivity index (χ0) is 15.7. The number of likely N-dealkylation sites (tertiary alicyclic amines) is 1. The lowest BCUT2D eigenvalue weighted by atomic mass is 9.79. The molecule has 1 atom stereocenters. The minimum absolute atomic E-state index is 0.0339. The zero-order valence-electron chi connectivity index (χ0n) is 13.9. The van der Waals surface area contributed by atoms with Crippen molar-refractivity contribution in [3.63, 3.8) is 0 Å². The van der Waals surface area contributed by atoms with E-state index >= 15 is 0 Å². The molecule has 0 aromatic heterocycles. The summed E-state index contributed by atoms with van der Waals surface area (Å²) in [4.78, 5) is 14.3. The molecular weight excluding hydrogens is 266 g/mol. The van der Waals surface area contributed by atoms with Crippen molar-refractivity contribution in [1.82, 2.24) is 15.5 Å². The SMILES string of the molecule is CC1(C)CC(NC(=O)N2CCC[C@H](CO)C2)CC(C)(C)N1. The number of carbonyl (C=O) groups excluding carboxylic acids is 1. The number of hydrogen-bond donors (Lipinski definition) is 3. The van der Waals surface area contributed by atoms with Crippen LogP contribution in [0.15, 0.2) is 0 Å². The molecule has 0 aromatic rings. The van der Waals surface area contributed by atoms with Crippen LogP contribution in [-0.2, 0) is 0 Å². The second-order valence-corrected chi connectivity index (χ2v) is 8.08. The van der Waals surface area contributed by atoms with Gasteiger partial charge in [-0.1, -0.05) is 0 Å². The summed E-state index contributed by atoms with van der Waals surface area (Å²) in [6.45, 7) is 10.4. The van der Waals surface area contributed by atoms with E-state index in [1.54, 1.807) is 0 Å². The molecule has 2 amide bonds. The molecule has 5 heteroatoms. The Morgan fingerprint density at radius 3 is 2.48 bits per heavy atom. The molecule has 2 aliphatic heterocycles. The maximum absolute atomic E-state index is 12.5. The predicted octanol–water partition coefficient (Wildman–Crippen LogP) is 1.71. The number of urea groups is 1. The van der Waals surface area contributed by atoms with E-state index in [9.17, 15) is 9.90 Å². The van der Waals surface area contributed by atoms with E-state index in [0.717, 1.165) is 32.2 Å². The van der Waals surface area contributed by atoms with Crippen molar-refractivity contribution in [3.05, 3.63) is 0 Å². The van der Waals surface area contributed by atoms with Gasteiger partial charge >= 0.3 is 6.03 Å². The number of nitrogens with one attached hydrogen (secondary N) is 2.